The van der Waals surface area contributed by atoms with Gasteiger partial charge in [0.1, 0.15) is 5.75 Å². The molecule has 3 aromatic carbocycles. The second-order valence-electron chi connectivity index (χ2n) is 5.90. The van der Waals surface area contributed by atoms with Crippen LogP contribution >= 0.6 is 0 Å². The number of nitrogens with zero attached hydrogens (tertiary/aromatic N) is 1. The van der Waals surface area contributed by atoms with Gasteiger partial charge in [0.25, 0.3) is 0 Å². The molecule has 0 atom stereocenters. The number of fused-ring (bicyclic) bond motifs is 1. The first-order chi connectivity index (χ1) is 11.7. The van der Waals surface area contributed by atoms with E-state index in [1.165, 1.54) is 0 Å². The van der Waals surface area contributed by atoms with Crippen LogP contribution in [-0.2, 0) is 0 Å². The predicted octanol–water partition coefficient (Wildman–Crippen LogP) is 5.69. The van der Waals surface area contributed by atoms with Gasteiger partial charge in [-0.05, 0) is 42.3 Å². The van der Waals surface area contributed by atoms with Crippen molar-refractivity contribution in [1.29, 1.82) is 5.26 Å². The molecule has 0 heterocycles. The van der Waals surface area contributed by atoms with Gasteiger partial charge in [-0.25, -0.2) is 0 Å². The summed E-state index contributed by atoms with van der Waals surface area (Å²) in [6.07, 6.45) is 2.00. The quantitative estimate of drug-likeness (QED) is 0.458. The Morgan fingerprint density at radius 3 is 2.38 bits per heavy atom. The zero-order valence-electron chi connectivity index (χ0n) is 13.9. The highest BCUT2D eigenvalue weighted by Gasteiger charge is 2.10. The van der Waals surface area contributed by atoms with E-state index >= 15 is 0 Å². The molecule has 0 saturated carbocycles. The van der Waals surface area contributed by atoms with E-state index in [-0.39, 0.29) is 6.10 Å². The van der Waals surface area contributed by atoms with Crippen LogP contribution in [0, 0.1) is 11.3 Å². The van der Waals surface area contributed by atoms with Crippen LogP contribution in [-0.4, -0.2) is 6.10 Å². The molecule has 3 aromatic rings. The summed E-state index contributed by atoms with van der Waals surface area (Å²) < 4.78 is 5.98. The van der Waals surface area contributed by atoms with Crippen LogP contribution in [0.2, 0.25) is 0 Å². The van der Waals surface area contributed by atoms with Gasteiger partial charge in [0.05, 0.1) is 17.7 Å². The minimum atomic E-state index is 0.0700. The highest BCUT2D eigenvalue weighted by atomic mass is 16.5. The molecule has 118 valence electrons. The molecular weight excluding hydrogens is 294 g/mol. The van der Waals surface area contributed by atoms with Crippen molar-refractivity contribution in [1.82, 2.24) is 0 Å². The maximum atomic E-state index is 9.63. The van der Waals surface area contributed by atoms with Gasteiger partial charge in [0.2, 0.25) is 0 Å². The zero-order chi connectivity index (χ0) is 16.9. The molecule has 0 aromatic heterocycles. The molecule has 0 aliphatic heterocycles. The van der Waals surface area contributed by atoms with Crippen LogP contribution in [0.25, 0.3) is 22.4 Å². The Balaban J connectivity index is 2.22. The zero-order valence-corrected chi connectivity index (χ0v) is 13.9. The predicted molar refractivity (Wildman–Crippen MR) is 99.6 cm³/mol. The first-order valence-corrected chi connectivity index (χ1v) is 8.04. The lowest BCUT2D eigenvalue weighted by Crippen LogP contribution is -2.06. The standard InChI is InChI=1S/C22H19NO/c1-16(2)24-22-13-12-18-10-6-7-11-20(18)21(22)14-19(15-23)17-8-4-3-5-9-17/h3-14,16H,1-2H3/b19-14+. The molecule has 0 amide bonds. The van der Waals surface area contributed by atoms with E-state index in [1.54, 1.807) is 0 Å². The van der Waals surface area contributed by atoms with Crippen molar-refractivity contribution in [2.75, 3.05) is 0 Å². The minimum Gasteiger partial charge on any atom is -0.490 e. The van der Waals surface area contributed by atoms with Gasteiger partial charge in [-0.2, -0.15) is 5.26 Å². The molecule has 0 aliphatic carbocycles. The number of benzene rings is 3. The molecule has 0 radical (unpaired) electrons. The lowest BCUT2D eigenvalue weighted by molar-refractivity contribution is 0.242. The van der Waals surface area contributed by atoms with Crippen molar-refractivity contribution < 1.29 is 4.74 Å². The van der Waals surface area contributed by atoms with Gasteiger partial charge in [0.15, 0.2) is 0 Å². The highest BCUT2D eigenvalue weighted by Crippen LogP contribution is 2.32. The third kappa shape index (κ3) is 3.31. The van der Waals surface area contributed by atoms with Gasteiger partial charge < -0.3 is 4.74 Å². The van der Waals surface area contributed by atoms with Crippen LogP contribution < -0.4 is 4.74 Å². The summed E-state index contributed by atoms with van der Waals surface area (Å²) in [5, 5.41) is 11.8. The second-order valence-corrected chi connectivity index (χ2v) is 5.90. The first kappa shape index (κ1) is 15.8. The summed E-state index contributed by atoms with van der Waals surface area (Å²) in [7, 11) is 0. The van der Waals surface area contributed by atoms with Crippen molar-refractivity contribution in [2.45, 2.75) is 20.0 Å². The molecule has 0 saturated heterocycles. The molecule has 0 spiro atoms. The van der Waals surface area contributed by atoms with Crippen LogP contribution in [0.5, 0.6) is 5.75 Å². The fraction of sp³-hybridized carbons (Fsp3) is 0.136. The van der Waals surface area contributed by atoms with E-state index in [1.807, 2.05) is 68.5 Å². The molecule has 0 fully saturated rings. The Morgan fingerprint density at radius 1 is 0.958 bits per heavy atom. The van der Waals surface area contributed by atoms with Crippen molar-refractivity contribution in [3.8, 4) is 11.8 Å². The van der Waals surface area contributed by atoms with Gasteiger partial charge in [-0.15, -0.1) is 0 Å². The van der Waals surface area contributed by atoms with Crippen LogP contribution in [0.3, 0.4) is 0 Å². The maximum absolute atomic E-state index is 9.63. The summed E-state index contributed by atoms with van der Waals surface area (Å²) in [6.45, 7) is 4.01. The van der Waals surface area contributed by atoms with Gasteiger partial charge in [0, 0.05) is 5.56 Å². The number of rotatable bonds is 4. The summed E-state index contributed by atoms with van der Waals surface area (Å²) in [5.74, 6) is 0.799. The van der Waals surface area contributed by atoms with E-state index in [2.05, 4.69) is 24.3 Å². The average molecular weight is 313 g/mol. The Kier molecular flexibility index (Phi) is 4.63. The fourth-order valence-corrected chi connectivity index (χ4v) is 2.72. The number of hydrogen-bond donors (Lipinski definition) is 0. The third-order valence-corrected chi connectivity index (χ3v) is 3.79. The smallest absolute Gasteiger partial charge is 0.127 e. The average Bonchev–Trinajstić information content (AvgIpc) is 2.61. The van der Waals surface area contributed by atoms with E-state index in [0.29, 0.717) is 5.57 Å². The number of hydrogen-bond acceptors (Lipinski definition) is 2. The fourth-order valence-electron chi connectivity index (χ4n) is 2.72. The molecule has 0 aliphatic rings. The van der Waals surface area contributed by atoms with E-state index in [4.69, 9.17) is 4.74 Å². The SMILES string of the molecule is CC(C)Oc1ccc2ccccc2c1/C=C(\C#N)c1ccccc1. The van der Waals surface area contributed by atoms with E-state index < -0.39 is 0 Å². The Labute approximate surface area is 142 Å². The molecule has 24 heavy (non-hydrogen) atoms. The Morgan fingerprint density at radius 2 is 1.67 bits per heavy atom. The molecule has 2 heteroatoms. The molecular formula is C22H19NO. The maximum Gasteiger partial charge on any atom is 0.127 e. The number of ether oxygens (including phenoxy) is 1. The second kappa shape index (κ2) is 7.02. The minimum absolute atomic E-state index is 0.0700. The summed E-state index contributed by atoms with van der Waals surface area (Å²) in [5.41, 5.74) is 2.48. The highest BCUT2D eigenvalue weighted by molar-refractivity contribution is 6.00. The van der Waals surface area contributed by atoms with Crippen molar-refractivity contribution in [3.63, 3.8) is 0 Å². The Hall–Kier alpha value is -3.05. The van der Waals surface area contributed by atoms with Gasteiger partial charge in [-0.3, -0.25) is 0 Å². The van der Waals surface area contributed by atoms with E-state index in [9.17, 15) is 5.26 Å². The first-order valence-electron chi connectivity index (χ1n) is 8.04. The third-order valence-electron chi connectivity index (χ3n) is 3.79. The summed E-state index contributed by atoms with van der Waals surface area (Å²) in [4.78, 5) is 0. The topological polar surface area (TPSA) is 33.0 Å². The monoisotopic (exact) mass is 313 g/mol. The van der Waals surface area contributed by atoms with E-state index in [0.717, 1.165) is 27.6 Å². The van der Waals surface area contributed by atoms with Crippen LogP contribution in [0.1, 0.15) is 25.0 Å². The van der Waals surface area contributed by atoms with Crippen LogP contribution in [0.4, 0.5) is 0 Å². The molecule has 0 bridgehead atoms. The summed E-state index contributed by atoms with van der Waals surface area (Å²) in [6, 6.07) is 24.2. The van der Waals surface area contributed by atoms with Crippen LogP contribution in [0.15, 0.2) is 66.7 Å². The number of allylic oxidation sites excluding steroid dienone is 1. The van der Waals surface area contributed by atoms with Gasteiger partial charge >= 0.3 is 0 Å². The molecule has 3 rings (SSSR count). The Bertz CT molecular complexity index is 918. The lowest BCUT2D eigenvalue weighted by atomic mass is 9.98. The van der Waals surface area contributed by atoms with Crippen molar-refractivity contribution >= 4 is 22.4 Å². The number of nitriles is 1. The van der Waals surface area contributed by atoms with Gasteiger partial charge in [-0.1, -0.05) is 60.7 Å². The molecule has 0 N–H and O–H groups in total. The van der Waals surface area contributed by atoms with Crippen molar-refractivity contribution in [3.05, 3.63) is 77.9 Å². The molecule has 0 unspecified atom stereocenters. The summed E-state index contributed by atoms with van der Waals surface area (Å²) >= 11 is 0. The van der Waals surface area contributed by atoms with Crippen molar-refractivity contribution in [2.24, 2.45) is 0 Å². The lowest BCUT2D eigenvalue weighted by Gasteiger charge is -2.15. The normalized spacial score (nSPS) is 11.5. The largest absolute Gasteiger partial charge is 0.490 e. The molecule has 2 nitrogen and oxygen atoms in total.